The Balaban J connectivity index is 1.69. The lowest BCUT2D eigenvalue weighted by Crippen LogP contribution is -2.29. The van der Waals surface area contributed by atoms with E-state index in [2.05, 4.69) is 17.1 Å². The van der Waals surface area contributed by atoms with Crippen molar-refractivity contribution in [2.45, 2.75) is 51.0 Å². The molecule has 1 saturated carbocycles. The number of nitrogens with zero attached hydrogens (tertiary/aromatic N) is 1. The Labute approximate surface area is 116 Å². The minimum absolute atomic E-state index is 0.393. The maximum atomic E-state index is 6.09. The molecule has 0 radical (unpaired) electrons. The van der Waals surface area contributed by atoms with E-state index < -0.39 is 0 Å². The Morgan fingerprint density at radius 2 is 1.95 bits per heavy atom. The van der Waals surface area contributed by atoms with Crippen molar-refractivity contribution < 1.29 is 4.74 Å². The van der Waals surface area contributed by atoms with Gasteiger partial charge in [0.25, 0.3) is 0 Å². The van der Waals surface area contributed by atoms with Crippen molar-refractivity contribution in [1.82, 2.24) is 4.98 Å². The average Bonchev–Trinajstić information content (AvgIpc) is 2.69. The van der Waals surface area contributed by atoms with Gasteiger partial charge < -0.3 is 10.5 Å². The van der Waals surface area contributed by atoms with Crippen molar-refractivity contribution in [2.24, 2.45) is 11.7 Å². The lowest BCUT2D eigenvalue weighted by Gasteiger charge is -2.24. The van der Waals surface area contributed by atoms with Crippen molar-refractivity contribution in [3.05, 3.63) is 30.1 Å². The molecule has 1 aromatic heterocycles. The zero-order valence-electron chi connectivity index (χ0n) is 11.8. The Morgan fingerprint density at radius 1 is 1.16 bits per heavy atom. The molecular weight excluding hydrogens is 236 g/mol. The van der Waals surface area contributed by atoms with E-state index in [0.717, 1.165) is 26.0 Å². The standard InChI is InChI=1S/C16H26N2O/c17-13-15-6-2-1-3-7-16(15)19-12-4-5-14-8-10-18-11-9-14/h8-11,15-16H,1-7,12-13,17H2. The molecule has 19 heavy (non-hydrogen) atoms. The molecule has 1 fully saturated rings. The van der Waals surface area contributed by atoms with Crippen LogP contribution in [0.15, 0.2) is 24.5 Å². The number of pyridine rings is 1. The third-order valence-electron chi connectivity index (χ3n) is 4.08. The highest BCUT2D eigenvalue weighted by molar-refractivity contribution is 5.09. The summed E-state index contributed by atoms with van der Waals surface area (Å²) in [5.41, 5.74) is 7.21. The molecule has 1 aliphatic rings. The minimum atomic E-state index is 0.393. The van der Waals surface area contributed by atoms with Gasteiger partial charge in [-0.1, -0.05) is 19.3 Å². The largest absolute Gasteiger partial charge is 0.378 e. The molecule has 3 heteroatoms. The molecule has 0 aromatic carbocycles. The molecule has 0 bridgehead atoms. The molecule has 2 N–H and O–H groups in total. The van der Waals surface area contributed by atoms with Crippen LogP contribution in [0.25, 0.3) is 0 Å². The normalized spacial score (nSPS) is 24.1. The van der Waals surface area contributed by atoms with Gasteiger partial charge in [-0.05, 0) is 55.8 Å². The molecule has 2 atom stereocenters. The highest BCUT2D eigenvalue weighted by atomic mass is 16.5. The van der Waals surface area contributed by atoms with Gasteiger partial charge in [0.15, 0.2) is 0 Å². The minimum Gasteiger partial charge on any atom is -0.378 e. The molecular formula is C16H26N2O. The monoisotopic (exact) mass is 262 g/mol. The molecule has 2 unspecified atom stereocenters. The van der Waals surface area contributed by atoms with E-state index in [0.29, 0.717) is 12.0 Å². The second-order valence-electron chi connectivity index (χ2n) is 5.50. The summed E-state index contributed by atoms with van der Waals surface area (Å²) in [7, 11) is 0. The zero-order valence-corrected chi connectivity index (χ0v) is 11.8. The number of nitrogens with two attached hydrogens (primary N) is 1. The first kappa shape index (κ1) is 14.5. The number of aromatic nitrogens is 1. The smallest absolute Gasteiger partial charge is 0.0615 e. The van der Waals surface area contributed by atoms with Crippen molar-refractivity contribution in [2.75, 3.05) is 13.2 Å². The van der Waals surface area contributed by atoms with Gasteiger partial charge in [0.05, 0.1) is 6.10 Å². The van der Waals surface area contributed by atoms with E-state index in [1.54, 1.807) is 0 Å². The van der Waals surface area contributed by atoms with E-state index >= 15 is 0 Å². The molecule has 3 nitrogen and oxygen atoms in total. The second-order valence-corrected chi connectivity index (χ2v) is 5.50. The van der Waals surface area contributed by atoms with E-state index in [1.165, 1.54) is 37.7 Å². The van der Waals surface area contributed by atoms with E-state index in [9.17, 15) is 0 Å². The first-order valence-electron chi connectivity index (χ1n) is 7.60. The number of hydrogen-bond donors (Lipinski definition) is 1. The summed E-state index contributed by atoms with van der Waals surface area (Å²) in [6.45, 7) is 1.62. The van der Waals surface area contributed by atoms with Gasteiger partial charge in [-0.2, -0.15) is 0 Å². The predicted octanol–water partition coefficient (Wildman–Crippen LogP) is 2.94. The molecule has 106 valence electrons. The maximum Gasteiger partial charge on any atom is 0.0615 e. The van der Waals surface area contributed by atoms with Crippen molar-refractivity contribution in [1.29, 1.82) is 0 Å². The Kier molecular flexibility index (Phi) is 6.31. The van der Waals surface area contributed by atoms with Crippen LogP contribution in [0, 0.1) is 5.92 Å². The van der Waals surface area contributed by atoms with Crippen LogP contribution in [0.2, 0.25) is 0 Å². The van der Waals surface area contributed by atoms with Crippen molar-refractivity contribution >= 4 is 0 Å². The average molecular weight is 262 g/mol. The summed E-state index contributed by atoms with van der Waals surface area (Å²) < 4.78 is 6.09. The number of aryl methyl sites for hydroxylation is 1. The van der Waals surface area contributed by atoms with Crippen LogP contribution in [0.5, 0.6) is 0 Å². The number of hydrogen-bond acceptors (Lipinski definition) is 3. The first-order valence-corrected chi connectivity index (χ1v) is 7.60. The highest BCUT2D eigenvalue weighted by Gasteiger charge is 2.22. The molecule has 0 saturated heterocycles. The molecule has 1 heterocycles. The third-order valence-corrected chi connectivity index (χ3v) is 4.08. The fourth-order valence-electron chi connectivity index (χ4n) is 2.90. The summed E-state index contributed by atoms with van der Waals surface area (Å²) in [5, 5.41) is 0. The van der Waals surface area contributed by atoms with Gasteiger partial charge in [0.1, 0.15) is 0 Å². The van der Waals surface area contributed by atoms with Gasteiger partial charge >= 0.3 is 0 Å². The molecule has 2 rings (SSSR count). The Morgan fingerprint density at radius 3 is 2.74 bits per heavy atom. The van der Waals surface area contributed by atoms with Gasteiger partial charge in [-0.3, -0.25) is 4.98 Å². The van der Waals surface area contributed by atoms with Gasteiger partial charge in [0.2, 0.25) is 0 Å². The molecule has 1 aromatic rings. The lowest BCUT2D eigenvalue weighted by atomic mass is 9.97. The van der Waals surface area contributed by atoms with Crippen LogP contribution in [0.3, 0.4) is 0 Å². The summed E-state index contributed by atoms with van der Waals surface area (Å²) in [5.74, 6) is 0.573. The SMILES string of the molecule is NCC1CCCCCC1OCCCc1ccncc1. The quantitative estimate of drug-likeness (QED) is 0.633. The van der Waals surface area contributed by atoms with E-state index in [4.69, 9.17) is 10.5 Å². The molecule has 0 spiro atoms. The topological polar surface area (TPSA) is 48.1 Å². The van der Waals surface area contributed by atoms with Crippen molar-refractivity contribution in [3.63, 3.8) is 0 Å². The fourth-order valence-corrected chi connectivity index (χ4v) is 2.90. The molecule has 1 aliphatic carbocycles. The maximum absolute atomic E-state index is 6.09. The van der Waals surface area contributed by atoms with Crippen LogP contribution in [-0.4, -0.2) is 24.2 Å². The second kappa shape index (κ2) is 8.28. The van der Waals surface area contributed by atoms with Crippen LogP contribution >= 0.6 is 0 Å². The molecule has 0 amide bonds. The third kappa shape index (κ3) is 4.92. The summed E-state index contributed by atoms with van der Waals surface area (Å²) in [6.07, 6.45) is 12.6. The highest BCUT2D eigenvalue weighted by Crippen LogP contribution is 2.25. The summed E-state index contributed by atoms with van der Waals surface area (Å²) >= 11 is 0. The summed E-state index contributed by atoms with van der Waals surface area (Å²) in [4.78, 5) is 4.03. The van der Waals surface area contributed by atoms with Crippen LogP contribution in [0.1, 0.15) is 44.1 Å². The fraction of sp³-hybridized carbons (Fsp3) is 0.688. The zero-order chi connectivity index (χ0) is 13.3. The van der Waals surface area contributed by atoms with E-state index in [-0.39, 0.29) is 0 Å². The van der Waals surface area contributed by atoms with Crippen LogP contribution < -0.4 is 5.73 Å². The Bertz CT molecular complexity index is 342. The van der Waals surface area contributed by atoms with Crippen molar-refractivity contribution in [3.8, 4) is 0 Å². The number of rotatable bonds is 6. The summed E-state index contributed by atoms with van der Waals surface area (Å²) in [6, 6.07) is 4.16. The Hall–Kier alpha value is -0.930. The lowest BCUT2D eigenvalue weighted by molar-refractivity contribution is 0.00938. The van der Waals surface area contributed by atoms with Gasteiger partial charge in [-0.25, -0.2) is 0 Å². The predicted molar refractivity (Wildman–Crippen MR) is 77.9 cm³/mol. The van der Waals surface area contributed by atoms with Gasteiger partial charge in [-0.15, -0.1) is 0 Å². The number of ether oxygens (including phenoxy) is 1. The van der Waals surface area contributed by atoms with Crippen LogP contribution in [0.4, 0.5) is 0 Å². The van der Waals surface area contributed by atoms with E-state index in [1.807, 2.05) is 12.4 Å². The van der Waals surface area contributed by atoms with Crippen LogP contribution in [-0.2, 0) is 11.2 Å². The molecule has 0 aliphatic heterocycles. The van der Waals surface area contributed by atoms with Gasteiger partial charge in [0, 0.05) is 19.0 Å². The first-order chi connectivity index (χ1) is 9.40.